The summed E-state index contributed by atoms with van der Waals surface area (Å²) in [5.41, 5.74) is 2.30. The molecule has 0 atom stereocenters. The van der Waals surface area contributed by atoms with E-state index >= 15 is 0 Å². The fraction of sp³-hybridized carbons (Fsp3) is 0.467. The molecule has 0 fully saturated rings. The summed E-state index contributed by atoms with van der Waals surface area (Å²) in [6.45, 7) is 8.72. The van der Waals surface area contributed by atoms with Crippen LogP contribution in [0.4, 0.5) is 5.69 Å². The van der Waals surface area contributed by atoms with Crippen LogP contribution in [0.3, 0.4) is 0 Å². The topological polar surface area (TPSA) is 33.7 Å². The number of hydrogen-bond acceptors (Lipinski definition) is 4. The minimum atomic E-state index is 0.724. The molecule has 1 aliphatic heterocycles. The van der Waals surface area contributed by atoms with Crippen LogP contribution < -0.4 is 10.1 Å². The maximum absolute atomic E-state index is 5.79. The Morgan fingerprint density at radius 2 is 2.42 bits per heavy atom. The maximum atomic E-state index is 5.79. The minimum Gasteiger partial charge on any atom is -0.489 e. The van der Waals surface area contributed by atoms with Crippen LogP contribution in [-0.2, 0) is 11.3 Å². The molecule has 0 amide bonds. The number of nitrogens with zero attached hydrogens (tertiary/aromatic N) is 1. The number of hydrogen-bond donors (Lipinski definition) is 1. The zero-order valence-electron chi connectivity index (χ0n) is 11.5. The number of methoxy groups -OCH3 is 1. The third kappa shape index (κ3) is 3.72. The first-order chi connectivity index (χ1) is 9.35. The summed E-state index contributed by atoms with van der Waals surface area (Å²) in [6.07, 6.45) is 1.92. The molecule has 19 heavy (non-hydrogen) atoms. The smallest absolute Gasteiger partial charge is 0.146 e. The average Bonchev–Trinajstić information content (AvgIpc) is 2.45. The van der Waals surface area contributed by atoms with Crippen molar-refractivity contribution in [3.8, 4) is 5.75 Å². The predicted octanol–water partition coefficient (Wildman–Crippen LogP) is 2.13. The van der Waals surface area contributed by atoms with Crippen molar-refractivity contribution in [2.75, 3.05) is 45.3 Å². The summed E-state index contributed by atoms with van der Waals surface area (Å²) in [5.74, 6) is 0.986. The van der Waals surface area contributed by atoms with Crippen LogP contribution >= 0.6 is 0 Å². The lowest BCUT2D eigenvalue weighted by molar-refractivity contribution is 0.150. The molecule has 4 nitrogen and oxygen atoms in total. The summed E-state index contributed by atoms with van der Waals surface area (Å²) >= 11 is 0. The number of rotatable bonds is 7. The van der Waals surface area contributed by atoms with Crippen molar-refractivity contribution in [1.29, 1.82) is 0 Å². The first kappa shape index (κ1) is 13.9. The molecule has 0 unspecified atom stereocenters. The van der Waals surface area contributed by atoms with Crippen LogP contribution in [0.15, 0.2) is 30.9 Å². The summed E-state index contributed by atoms with van der Waals surface area (Å²) < 4.78 is 10.9. The summed E-state index contributed by atoms with van der Waals surface area (Å²) in [5, 5.41) is 3.36. The van der Waals surface area contributed by atoms with Crippen LogP contribution in [0, 0.1) is 0 Å². The summed E-state index contributed by atoms with van der Waals surface area (Å²) in [4.78, 5) is 2.30. The van der Waals surface area contributed by atoms with E-state index in [9.17, 15) is 0 Å². The summed E-state index contributed by atoms with van der Waals surface area (Å²) in [6, 6.07) is 6.25. The molecule has 2 rings (SSSR count). The predicted molar refractivity (Wildman–Crippen MR) is 77.8 cm³/mol. The molecule has 1 N–H and O–H groups in total. The molecule has 4 heteroatoms. The van der Waals surface area contributed by atoms with Crippen LogP contribution in [-0.4, -0.2) is 44.9 Å². The van der Waals surface area contributed by atoms with E-state index in [2.05, 4.69) is 35.0 Å². The first-order valence-electron chi connectivity index (χ1n) is 6.66. The third-order valence-electron chi connectivity index (χ3n) is 3.15. The van der Waals surface area contributed by atoms with Gasteiger partial charge in [0.25, 0.3) is 0 Å². The Morgan fingerprint density at radius 3 is 3.21 bits per heavy atom. The van der Waals surface area contributed by atoms with Crippen molar-refractivity contribution in [3.05, 3.63) is 36.4 Å². The van der Waals surface area contributed by atoms with Crippen molar-refractivity contribution in [1.82, 2.24) is 4.90 Å². The molecule has 0 spiro atoms. The van der Waals surface area contributed by atoms with E-state index in [1.807, 2.05) is 6.08 Å². The second kappa shape index (κ2) is 7.16. The highest BCUT2D eigenvalue weighted by molar-refractivity contribution is 5.61. The SMILES string of the molecule is C=CCN(CCOC)Cc1cccc2c1OCCN2. The quantitative estimate of drug-likeness (QED) is 0.763. The second-order valence-electron chi connectivity index (χ2n) is 4.59. The maximum Gasteiger partial charge on any atom is 0.146 e. The van der Waals surface area contributed by atoms with Crippen LogP contribution in [0.25, 0.3) is 0 Å². The van der Waals surface area contributed by atoms with Crippen molar-refractivity contribution in [3.63, 3.8) is 0 Å². The van der Waals surface area contributed by atoms with Crippen molar-refractivity contribution < 1.29 is 9.47 Å². The highest BCUT2D eigenvalue weighted by Crippen LogP contribution is 2.31. The number of para-hydroxylation sites is 1. The monoisotopic (exact) mass is 262 g/mol. The van der Waals surface area contributed by atoms with Gasteiger partial charge in [0.05, 0.1) is 12.3 Å². The van der Waals surface area contributed by atoms with E-state index in [-0.39, 0.29) is 0 Å². The van der Waals surface area contributed by atoms with Gasteiger partial charge in [-0.3, -0.25) is 4.90 Å². The van der Waals surface area contributed by atoms with Crippen molar-refractivity contribution >= 4 is 5.69 Å². The minimum absolute atomic E-state index is 0.724. The van der Waals surface area contributed by atoms with E-state index in [1.165, 1.54) is 5.56 Å². The van der Waals surface area contributed by atoms with E-state index in [0.717, 1.165) is 50.8 Å². The van der Waals surface area contributed by atoms with Gasteiger partial charge in [-0.1, -0.05) is 18.2 Å². The first-order valence-corrected chi connectivity index (χ1v) is 6.66. The van der Waals surface area contributed by atoms with Gasteiger partial charge >= 0.3 is 0 Å². The number of anilines is 1. The fourth-order valence-electron chi connectivity index (χ4n) is 2.24. The van der Waals surface area contributed by atoms with Gasteiger partial charge in [-0.25, -0.2) is 0 Å². The van der Waals surface area contributed by atoms with Crippen molar-refractivity contribution in [2.24, 2.45) is 0 Å². The van der Waals surface area contributed by atoms with Gasteiger partial charge in [-0.15, -0.1) is 6.58 Å². The number of nitrogens with one attached hydrogen (secondary N) is 1. The Labute approximate surface area is 115 Å². The van der Waals surface area contributed by atoms with Gasteiger partial charge in [-0.05, 0) is 6.07 Å². The zero-order chi connectivity index (χ0) is 13.5. The standard InChI is InChI=1S/C15H22N2O2/c1-3-8-17(9-11-18-2)12-13-5-4-6-14-15(13)19-10-7-16-14/h3-6,16H,1,7-12H2,2H3. The molecule has 1 aromatic rings. The molecule has 0 saturated carbocycles. The highest BCUT2D eigenvalue weighted by atomic mass is 16.5. The normalized spacial score (nSPS) is 13.6. The Morgan fingerprint density at radius 1 is 1.53 bits per heavy atom. The third-order valence-corrected chi connectivity index (χ3v) is 3.15. The molecule has 0 aliphatic carbocycles. The average molecular weight is 262 g/mol. The summed E-state index contributed by atoms with van der Waals surface area (Å²) in [7, 11) is 1.73. The molecule has 104 valence electrons. The van der Waals surface area contributed by atoms with Gasteiger partial charge < -0.3 is 14.8 Å². The lowest BCUT2D eigenvalue weighted by atomic mass is 10.1. The highest BCUT2D eigenvalue weighted by Gasteiger charge is 2.15. The Hall–Kier alpha value is -1.52. The number of fused-ring (bicyclic) bond motifs is 1. The molecule has 0 bridgehead atoms. The molecule has 1 heterocycles. The van der Waals surface area contributed by atoms with E-state index < -0.39 is 0 Å². The molecule has 0 aromatic heterocycles. The van der Waals surface area contributed by atoms with Gasteiger partial charge in [0, 0.05) is 38.9 Å². The van der Waals surface area contributed by atoms with E-state index in [4.69, 9.17) is 9.47 Å². The number of benzene rings is 1. The number of ether oxygens (including phenoxy) is 2. The van der Waals surface area contributed by atoms with Gasteiger partial charge in [-0.2, -0.15) is 0 Å². The van der Waals surface area contributed by atoms with Gasteiger partial charge in [0.1, 0.15) is 12.4 Å². The van der Waals surface area contributed by atoms with Crippen LogP contribution in [0.2, 0.25) is 0 Å². The molecule has 0 radical (unpaired) electrons. The van der Waals surface area contributed by atoms with Crippen molar-refractivity contribution in [2.45, 2.75) is 6.54 Å². The Kier molecular flexibility index (Phi) is 5.24. The molecular weight excluding hydrogens is 240 g/mol. The van der Waals surface area contributed by atoms with Gasteiger partial charge in [0.15, 0.2) is 0 Å². The molecule has 1 aromatic carbocycles. The lowest BCUT2D eigenvalue weighted by Gasteiger charge is -2.25. The lowest BCUT2D eigenvalue weighted by Crippen LogP contribution is -2.28. The Balaban J connectivity index is 2.09. The van der Waals surface area contributed by atoms with E-state index in [0.29, 0.717) is 0 Å². The van der Waals surface area contributed by atoms with Crippen LogP contribution in [0.1, 0.15) is 5.56 Å². The molecular formula is C15H22N2O2. The van der Waals surface area contributed by atoms with E-state index in [1.54, 1.807) is 7.11 Å². The molecule has 0 saturated heterocycles. The fourth-order valence-corrected chi connectivity index (χ4v) is 2.24. The van der Waals surface area contributed by atoms with Crippen LogP contribution in [0.5, 0.6) is 5.75 Å². The van der Waals surface area contributed by atoms with Gasteiger partial charge in [0.2, 0.25) is 0 Å². The second-order valence-corrected chi connectivity index (χ2v) is 4.59. The zero-order valence-corrected chi connectivity index (χ0v) is 11.5. The molecule has 1 aliphatic rings. The largest absolute Gasteiger partial charge is 0.489 e. The Bertz CT molecular complexity index is 421.